The number of rotatable bonds is 3. The van der Waals surface area contributed by atoms with Crippen molar-refractivity contribution in [3.63, 3.8) is 0 Å². The van der Waals surface area contributed by atoms with Gasteiger partial charge in [-0.2, -0.15) is 0 Å². The molecule has 0 saturated carbocycles. The first-order valence-corrected chi connectivity index (χ1v) is 5.72. The number of halogens is 2. The lowest BCUT2D eigenvalue weighted by Gasteiger charge is -2.08. The molecule has 0 aliphatic heterocycles. The highest BCUT2D eigenvalue weighted by Crippen LogP contribution is 2.24. The van der Waals surface area contributed by atoms with Gasteiger partial charge in [0.15, 0.2) is 0 Å². The van der Waals surface area contributed by atoms with E-state index in [4.69, 9.17) is 9.84 Å². The third-order valence-electron chi connectivity index (χ3n) is 1.38. The van der Waals surface area contributed by atoms with E-state index in [2.05, 4.69) is 38.5 Å². The topological polar surface area (TPSA) is 29.5 Å². The zero-order valence-electron chi connectivity index (χ0n) is 7.13. The van der Waals surface area contributed by atoms with Gasteiger partial charge in [-0.1, -0.05) is 0 Å². The van der Waals surface area contributed by atoms with Crippen molar-refractivity contribution in [3.8, 4) is 5.75 Å². The quantitative estimate of drug-likeness (QED) is 0.844. The molecular formula is C9H10BrIO2. The van der Waals surface area contributed by atoms with Gasteiger partial charge in [0, 0.05) is 8.04 Å². The summed E-state index contributed by atoms with van der Waals surface area (Å²) in [6, 6.07) is 5.74. The lowest BCUT2D eigenvalue weighted by Crippen LogP contribution is -2.12. The minimum atomic E-state index is -0.432. The largest absolute Gasteiger partial charge is 0.491 e. The van der Waals surface area contributed by atoms with Crippen molar-refractivity contribution >= 4 is 38.5 Å². The molecule has 0 heterocycles. The van der Waals surface area contributed by atoms with Crippen molar-refractivity contribution in [1.82, 2.24) is 0 Å². The molecule has 1 rings (SSSR count). The SMILES string of the molecule is CC(O)COc1ccc(I)c(Br)c1. The monoisotopic (exact) mass is 356 g/mol. The Hall–Kier alpha value is 0.190. The summed E-state index contributed by atoms with van der Waals surface area (Å²) >= 11 is 5.63. The summed E-state index contributed by atoms with van der Waals surface area (Å²) in [6.07, 6.45) is -0.432. The number of hydrogen-bond acceptors (Lipinski definition) is 2. The average Bonchev–Trinajstić information content (AvgIpc) is 2.07. The van der Waals surface area contributed by atoms with Gasteiger partial charge in [0.2, 0.25) is 0 Å². The molecule has 0 amide bonds. The molecule has 1 N–H and O–H groups in total. The zero-order valence-corrected chi connectivity index (χ0v) is 10.9. The van der Waals surface area contributed by atoms with Crippen LogP contribution in [0.1, 0.15) is 6.92 Å². The van der Waals surface area contributed by atoms with Gasteiger partial charge in [-0.15, -0.1) is 0 Å². The Balaban J connectivity index is 2.63. The van der Waals surface area contributed by atoms with Crippen LogP contribution in [0.15, 0.2) is 22.7 Å². The van der Waals surface area contributed by atoms with Crippen LogP contribution in [0.5, 0.6) is 5.75 Å². The molecule has 2 nitrogen and oxygen atoms in total. The van der Waals surface area contributed by atoms with E-state index < -0.39 is 6.10 Å². The normalized spacial score (nSPS) is 12.6. The fourth-order valence-corrected chi connectivity index (χ4v) is 1.48. The highest BCUT2D eigenvalue weighted by Gasteiger charge is 2.01. The Morgan fingerprint density at radius 3 is 2.85 bits per heavy atom. The molecule has 1 unspecified atom stereocenters. The Morgan fingerprint density at radius 2 is 2.31 bits per heavy atom. The van der Waals surface area contributed by atoms with E-state index >= 15 is 0 Å². The second-order valence-corrected chi connectivity index (χ2v) is 4.75. The average molecular weight is 357 g/mol. The number of aliphatic hydroxyl groups excluding tert-OH is 1. The van der Waals surface area contributed by atoms with Gasteiger partial charge in [-0.05, 0) is 63.6 Å². The van der Waals surface area contributed by atoms with Crippen molar-refractivity contribution in [2.75, 3.05) is 6.61 Å². The predicted molar refractivity (Wildman–Crippen MR) is 64.0 cm³/mol. The molecule has 72 valence electrons. The maximum absolute atomic E-state index is 9.00. The Kier molecular flexibility index (Phi) is 4.48. The zero-order chi connectivity index (χ0) is 9.84. The highest BCUT2D eigenvalue weighted by molar-refractivity contribution is 14.1. The van der Waals surface area contributed by atoms with Crippen molar-refractivity contribution in [2.24, 2.45) is 0 Å². The van der Waals surface area contributed by atoms with Crippen LogP contribution in [0.4, 0.5) is 0 Å². The van der Waals surface area contributed by atoms with Crippen molar-refractivity contribution in [1.29, 1.82) is 0 Å². The van der Waals surface area contributed by atoms with E-state index in [-0.39, 0.29) is 0 Å². The summed E-state index contributed by atoms with van der Waals surface area (Å²) in [5.74, 6) is 0.771. The lowest BCUT2D eigenvalue weighted by atomic mass is 10.3. The molecule has 0 bridgehead atoms. The molecule has 1 aromatic carbocycles. The molecule has 0 radical (unpaired) electrons. The van der Waals surface area contributed by atoms with Gasteiger partial charge in [0.05, 0.1) is 6.10 Å². The summed E-state index contributed by atoms with van der Waals surface area (Å²) in [6.45, 7) is 2.02. The summed E-state index contributed by atoms with van der Waals surface area (Å²) < 4.78 is 7.47. The van der Waals surface area contributed by atoms with Crippen LogP contribution in [0.25, 0.3) is 0 Å². The molecule has 1 atom stereocenters. The first kappa shape index (κ1) is 11.3. The number of benzene rings is 1. The van der Waals surface area contributed by atoms with Crippen molar-refractivity contribution < 1.29 is 9.84 Å². The molecule has 4 heteroatoms. The van der Waals surface area contributed by atoms with Gasteiger partial charge in [0.1, 0.15) is 12.4 Å². The Labute approximate surface area is 99.6 Å². The van der Waals surface area contributed by atoms with E-state index in [1.807, 2.05) is 18.2 Å². The summed E-state index contributed by atoms with van der Waals surface area (Å²) in [7, 11) is 0. The number of aliphatic hydroxyl groups is 1. The summed E-state index contributed by atoms with van der Waals surface area (Å²) in [5.41, 5.74) is 0. The first-order valence-electron chi connectivity index (χ1n) is 3.85. The van der Waals surface area contributed by atoms with Crippen LogP contribution in [-0.2, 0) is 0 Å². The van der Waals surface area contributed by atoms with E-state index in [1.54, 1.807) is 6.92 Å². The molecule has 0 aliphatic rings. The summed E-state index contributed by atoms with van der Waals surface area (Å²) in [4.78, 5) is 0. The predicted octanol–water partition coefficient (Wildman–Crippen LogP) is 2.81. The van der Waals surface area contributed by atoms with Gasteiger partial charge in [-0.3, -0.25) is 0 Å². The van der Waals surface area contributed by atoms with Crippen LogP contribution in [-0.4, -0.2) is 17.8 Å². The van der Waals surface area contributed by atoms with Gasteiger partial charge < -0.3 is 9.84 Å². The Morgan fingerprint density at radius 1 is 1.62 bits per heavy atom. The number of hydrogen-bond donors (Lipinski definition) is 1. The second kappa shape index (κ2) is 5.17. The van der Waals surface area contributed by atoms with E-state index in [0.717, 1.165) is 13.8 Å². The maximum atomic E-state index is 9.00. The fraction of sp³-hybridized carbons (Fsp3) is 0.333. The number of ether oxygens (including phenoxy) is 1. The minimum Gasteiger partial charge on any atom is -0.491 e. The first-order chi connectivity index (χ1) is 6.09. The minimum absolute atomic E-state index is 0.326. The third-order valence-corrected chi connectivity index (χ3v) is 3.72. The van der Waals surface area contributed by atoms with Gasteiger partial charge >= 0.3 is 0 Å². The van der Waals surface area contributed by atoms with Crippen LogP contribution in [0, 0.1) is 3.57 Å². The molecule has 0 aliphatic carbocycles. The van der Waals surface area contributed by atoms with Crippen LogP contribution in [0.3, 0.4) is 0 Å². The fourth-order valence-electron chi connectivity index (χ4n) is 0.783. The van der Waals surface area contributed by atoms with E-state index in [1.165, 1.54) is 0 Å². The van der Waals surface area contributed by atoms with Crippen molar-refractivity contribution in [2.45, 2.75) is 13.0 Å². The van der Waals surface area contributed by atoms with Crippen LogP contribution < -0.4 is 4.74 Å². The smallest absolute Gasteiger partial charge is 0.120 e. The van der Waals surface area contributed by atoms with Gasteiger partial charge in [0.25, 0.3) is 0 Å². The molecule has 0 saturated heterocycles. The Bertz CT molecular complexity index is 289. The van der Waals surface area contributed by atoms with E-state index in [0.29, 0.717) is 6.61 Å². The standard InChI is InChI=1S/C9H10BrIO2/c1-6(12)5-13-7-2-3-9(11)8(10)4-7/h2-4,6,12H,5H2,1H3. The molecular weight excluding hydrogens is 347 g/mol. The molecule has 1 aromatic rings. The van der Waals surface area contributed by atoms with Crippen LogP contribution in [0.2, 0.25) is 0 Å². The van der Waals surface area contributed by atoms with E-state index in [9.17, 15) is 0 Å². The van der Waals surface area contributed by atoms with Crippen LogP contribution >= 0.6 is 38.5 Å². The maximum Gasteiger partial charge on any atom is 0.120 e. The molecule has 0 spiro atoms. The van der Waals surface area contributed by atoms with Crippen molar-refractivity contribution in [3.05, 3.63) is 26.2 Å². The molecule has 13 heavy (non-hydrogen) atoms. The lowest BCUT2D eigenvalue weighted by molar-refractivity contribution is 0.122. The van der Waals surface area contributed by atoms with Gasteiger partial charge in [-0.25, -0.2) is 0 Å². The summed E-state index contributed by atoms with van der Waals surface area (Å²) in [5, 5.41) is 9.00. The highest BCUT2D eigenvalue weighted by atomic mass is 127. The third kappa shape index (κ3) is 3.83. The second-order valence-electron chi connectivity index (χ2n) is 2.74. The molecule has 0 aromatic heterocycles. The molecule has 0 fully saturated rings.